The number of carbonyl (C=O) groups excluding carboxylic acids is 3. The second kappa shape index (κ2) is 9.65. The van der Waals surface area contributed by atoms with Crippen molar-refractivity contribution in [2.75, 3.05) is 63.2 Å². The van der Waals surface area contributed by atoms with E-state index >= 15 is 4.39 Å². The first-order chi connectivity index (χ1) is 14.8. The monoisotopic (exact) mass is 498 g/mol. The summed E-state index contributed by atoms with van der Waals surface area (Å²) in [5, 5.41) is 12.0. The molecule has 0 radical (unpaired) electrons. The average Bonchev–Trinajstić information content (AvgIpc) is 3.03. The maximum absolute atomic E-state index is 15.0. The molecule has 0 aromatic heterocycles. The summed E-state index contributed by atoms with van der Waals surface area (Å²) in [5.74, 6) is -1.66. The Morgan fingerprint density at radius 1 is 1.26 bits per heavy atom. The van der Waals surface area contributed by atoms with E-state index in [4.69, 9.17) is 9.84 Å². The van der Waals surface area contributed by atoms with E-state index in [0.717, 1.165) is 0 Å². The fourth-order valence-corrected chi connectivity index (χ4v) is 4.36. The van der Waals surface area contributed by atoms with Gasteiger partial charge >= 0.3 is 5.97 Å². The lowest BCUT2D eigenvalue weighted by molar-refractivity contribution is -0.136. The van der Waals surface area contributed by atoms with Crippen LogP contribution in [0.2, 0.25) is 0 Å². The van der Waals surface area contributed by atoms with Gasteiger partial charge < -0.3 is 29.9 Å². The molecule has 9 nitrogen and oxygen atoms in total. The van der Waals surface area contributed by atoms with Crippen LogP contribution in [0, 0.1) is 5.82 Å². The molecule has 2 amide bonds. The molecular formula is C20H24BrFN4O5. The number of carbonyl (C=O) groups is 3. The van der Waals surface area contributed by atoms with E-state index in [1.165, 1.54) is 25.0 Å². The molecular weight excluding hydrogens is 475 g/mol. The number of halogens is 2. The van der Waals surface area contributed by atoms with Crippen LogP contribution < -0.4 is 10.2 Å². The van der Waals surface area contributed by atoms with Gasteiger partial charge in [0.15, 0.2) is 0 Å². The minimum absolute atomic E-state index is 0.00341. The predicted molar refractivity (Wildman–Crippen MR) is 115 cm³/mol. The van der Waals surface area contributed by atoms with E-state index < -0.39 is 17.7 Å². The molecule has 2 N–H and O–H groups in total. The molecule has 0 unspecified atom stereocenters. The molecule has 3 rings (SSSR count). The molecule has 0 aliphatic carbocycles. The van der Waals surface area contributed by atoms with Crippen molar-refractivity contribution in [3.05, 3.63) is 33.7 Å². The molecule has 168 valence electrons. The summed E-state index contributed by atoms with van der Waals surface area (Å²) in [6, 6.07) is 2.88. The first-order valence-corrected chi connectivity index (χ1v) is 10.5. The van der Waals surface area contributed by atoms with Gasteiger partial charge in [-0.3, -0.25) is 9.59 Å². The highest BCUT2D eigenvalue weighted by Crippen LogP contribution is 2.34. The van der Waals surface area contributed by atoms with E-state index in [1.54, 1.807) is 11.0 Å². The SMILES string of the molecule is COC(=O)C1=C(Nc2cc(F)c(N3CCN(C(C)=O)CC3)c(Br)c2)C(=O)N(CCO)C1. The second-order valence-corrected chi connectivity index (χ2v) is 8.06. The molecule has 2 aliphatic heterocycles. The smallest absolute Gasteiger partial charge is 0.337 e. The lowest BCUT2D eigenvalue weighted by Crippen LogP contribution is -2.48. The van der Waals surface area contributed by atoms with Crippen LogP contribution in [0.1, 0.15) is 6.92 Å². The quantitative estimate of drug-likeness (QED) is 0.562. The van der Waals surface area contributed by atoms with Crippen LogP contribution in [0.5, 0.6) is 0 Å². The van der Waals surface area contributed by atoms with Gasteiger partial charge in [0.1, 0.15) is 11.5 Å². The fourth-order valence-electron chi connectivity index (χ4n) is 3.68. The van der Waals surface area contributed by atoms with Crippen molar-refractivity contribution in [2.24, 2.45) is 0 Å². The van der Waals surface area contributed by atoms with Gasteiger partial charge in [0.05, 0.1) is 31.5 Å². The van der Waals surface area contributed by atoms with Crippen molar-refractivity contribution >= 4 is 45.1 Å². The van der Waals surface area contributed by atoms with E-state index in [9.17, 15) is 14.4 Å². The van der Waals surface area contributed by atoms with Gasteiger partial charge in [-0.05, 0) is 28.1 Å². The number of aliphatic hydroxyl groups excluding tert-OH is 1. The topological polar surface area (TPSA) is 102 Å². The lowest BCUT2D eigenvalue weighted by atomic mass is 10.2. The predicted octanol–water partition coefficient (Wildman–Crippen LogP) is 0.930. The number of nitrogens with zero attached hydrogens (tertiary/aromatic N) is 3. The number of piperazine rings is 1. The number of ether oxygens (including phenoxy) is 1. The Kier molecular flexibility index (Phi) is 7.16. The third kappa shape index (κ3) is 4.82. The molecule has 0 saturated carbocycles. The van der Waals surface area contributed by atoms with Crippen LogP contribution >= 0.6 is 15.9 Å². The van der Waals surface area contributed by atoms with Gasteiger partial charge in [0.25, 0.3) is 5.91 Å². The van der Waals surface area contributed by atoms with Gasteiger partial charge in [0.2, 0.25) is 5.91 Å². The minimum Gasteiger partial charge on any atom is -0.466 e. The zero-order chi connectivity index (χ0) is 22.7. The van der Waals surface area contributed by atoms with Crippen LogP contribution in [0.4, 0.5) is 15.8 Å². The highest BCUT2D eigenvalue weighted by molar-refractivity contribution is 9.10. The van der Waals surface area contributed by atoms with Gasteiger partial charge in [-0.15, -0.1) is 0 Å². The maximum atomic E-state index is 15.0. The molecule has 1 fully saturated rings. The van der Waals surface area contributed by atoms with Gasteiger partial charge in [0, 0.05) is 49.8 Å². The number of benzene rings is 1. The van der Waals surface area contributed by atoms with Crippen LogP contribution in [-0.2, 0) is 19.1 Å². The molecule has 1 aromatic rings. The third-order valence-electron chi connectivity index (χ3n) is 5.28. The Bertz CT molecular complexity index is 907. The zero-order valence-corrected chi connectivity index (χ0v) is 18.9. The standard InChI is InChI=1S/C20H24BrFN4O5/c1-12(28)24-3-5-25(6-4-24)18-15(21)9-13(10-16(18)22)23-17-14(20(30)31-2)11-26(7-8-27)19(17)29/h9-10,23,27H,3-8,11H2,1-2H3. The highest BCUT2D eigenvalue weighted by Gasteiger charge is 2.34. The van der Waals surface area contributed by atoms with Gasteiger partial charge in [-0.1, -0.05) is 0 Å². The molecule has 1 aromatic carbocycles. The number of hydrogen-bond donors (Lipinski definition) is 2. The average molecular weight is 499 g/mol. The number of methoxy groups -OCH3 is 1. The minimum atomic E-state index is -0.671. The summed E-state index contributed by atoms with van der Waals surface area (Å²) in [6.07, 6.45) is 0. The molecule has 0 spiro atoms. The Balaban J connectivity index is 1.83. The summed E-state index contributed by atoms with van der Waals surface area (Å²) >= 11 is 3.40. The van der Waals surface area contributed by atoms with E-state index in [0.29, 0.717) is 36.3 Å². The second-order valence-electron chi connectivity index (χ2n) is 7.20. The van der Waals surface area contributed by atoms with Crippen molar-refractivity contribution in [1.29, 1.82) is 0 Å². The highest BCUT2D eigenvalue weighted by atomic mass is 79.9. The van der Waals surface area contributed by atoms with E-state index in [2.05, 4.69) is 21.2 Å². The third-order valence-corrected chi connectivity index (χ3v) is 5.89. The van der Waals surface area contributed by atoms with Crippen LogP contribution in [0.3, 0.4) is 0 Å². The molecule has 0 atom stereocenters. The summed E-state index contributed by atoms with van der Waals surface area (Å²) in [7, 11) is 1.21. The van der Waals surface area contributed by atoms with Crippen molar-refractivity contribution in [2.45, 2.75) is 6.92 Å². The molecule has 2 aliphatic rings. The molecule has 1 saturated heterocycles. The van der Waals surface area contributed by atoms with Crippen molar-refractivity contribution in [3.8, 4) is 0 Å². The molecule has 11 heteroatoms. The maximum Gasteiger partial charge on any atom is 0.337 e. The van der Waals surface area contributed by atoms with Crippen molar-refractivity contribution in [3.63, 3.8) is 0 Å². The summed E-state index contributed by atoms with van der Waals surface area (Å²) in [4.78, 5) is 41.1. The first kappa shape index (κ1) is 23.0. The number of rotatable bonds is 6. The first-order valence-electron chi connectivity index (χ1n) is 9.75. The summed E-state index contributed by atoms with van der Waals surface area (Å²) < 4.78 is 20.2. The molecule has 31 heavy (non-hydrogen) atoms. The van der Waals surface area contributed by atoms with Crippen LogP contribution in [0.15, 0.2) is 27.9 Å². The van der Waals surface area contributed by atoms with E-state index in [-0.39, 0.29) is 42.6 Å². The molecule has 0 bridgehead atoms. The lowest BCUT2D eigenvalue weighted by Gasteiger charge is -2.36. The normalized spacial score (nSPS) is 16.8. The largest absolute Gasteiger partial charge is 0.466 e. The summed E-state index contributed by atoms with van der Waals surface area (Å²) in [6.45, 7) is 3.32. The number of amides is 2. The van der Waals surface area contributed by atoms with Crippen molar-refractivity contribution in [1.82, 2.24) is 9.80 Å². The number of β-amino-alcohol motifs (C(OH)–C–C–N with tert-alkyl or cyclic N) is 1. The van der Waals surface area contributed by atoms with Gasteiger partial charge in [-0.25, -0.2) is 9.18 Å². The van der Waals surface area contributed by atoms with Crippen LogP contribution in [0.25, 0.3) is 0 Å². The fraction of sp³-hybridized carbons (Fsp3) is 0.450. The number of aliphatic hydroxyl groups is 1. The zero-order valence-electron chi connectivity index (χ0n) is 17.3. The number of nitrogens with one attached hydrogen (secondary N) is 1. The number of esters is 1. The number of anilines is 2. The molecule has 2 heterocycles. The summed E-state index contributed by atoms with van der Waals surface area (Å²) in [5.41, 5.74) is 0.762. The Hall–Kier alpha value is -2.66. The Morgan fingerprint density at radius 3 is 2.48 bits per heavy atom. The Labute approximate surface area is 187 Å². The van der Waals surface area contributed by atoms with E-state index in [1.807, 2.05) is 4.90 Å². The Morgan fingerprint density at radius 2 is 1.94 bits per heavy atom. The van der Waals surface area contributed by atoms with Crippen molar-refractivity contribution < 1.29 is 28.6 Å². The van der Waals surface area contributed by atoms with Crippen LogP contribution in [-0.4, -0.2) is 85.7 Å². The number of hydrogen-bond acceptors (Lipinski definition) is 7. The van der Waals surface area contributed by atoms with Gasteiger partial charge in [-0.2, -0.15) is 0 Å².